The maximum absolute atomic E-state index is 14.3. The molecule has 0 bridgehead atoms. The Morgan fingerprint density at radius 2 is 2.00 bits per heavy atom. The van der Waals surface area contributed by atoms with Crippen LogP contribution in [-0.4, -0.2) is 22.6 Å². The van der Waals surface area contributed by atoms with E-state index in [4.69, 9.17) is 0 Å². The molecule has 2 heterocycles. The minimum absolute atomic E-state index is 0.114. The lowest BCUT2D eigenvalue weighted by Crippen LogP contribution is -2.47. The zero-order valence-corrected chi connectivity index (χ0v) is 15.8. The fourth-order valence-corrected chi connectivity index (χ4v) is 5.02. The van der Waals surface area contributed by atoms with Gasteiger partial charge in [0.15, 0.2) is 0 Å². The summed E-state index contributed by atoms with van der Waals surface area (Å²) in [6, 6.07) is 3.15. The minimum atomic E-state index is -0.826. The number of fused-ring (bicyclic) bond motifs is 1. The van der Waals surface area contributed by atoms with Crippen LogP contribution < -0.4 is 5.32 Å². The lowest BCUT2D eigenvalue weighted by atomic mass is 9.76. The molecule has 1 aliphatic carbocycles. The summed E-state index contributed by atoms with van der Waals surface area (Å²) < 4.78 is 14.3. The van der Waals surface area contributed by atoms with E-state index in [1.165, 1.54) is 6.07 Å². The third-order valence-electron chi connectivity index (χ3n) is 6.53. The Bertz CT molecular complexity index is 833. The highest BCUT2D eigenvalue weighted by Gasteiger charge is 2.41. The van der Waals surface area contributed by atoms with E-state index in [1.54, 1.807) is 11.0 Å². The number of halogens is 1. The molecule has 1 saturated carbocycles. The minimum Gasteiger partial charge on any atom is -0.333 e. The van der Waals surface area contributed by atoms with Crippen LogP contribution >= 0.6 is 0 Å². The normalized spacial score (nSPS) is 26.9. The van der Waals surface area contributed by atoms with Crippen LogP contribution in [0.25, 0.3) is 0 Å². The van der Waals surface area contributed by atoms with E-state index in [1.807, 2.05) is 0 Å². The highest BCUT2D eigenvalue weighted by atomic mass is 19.1. The van der Waals surface area contributed by atoms with Gasteiger partial charge in [0.25, 0.3) is 0 Å². The lowest BCUT2D eigenvalue weighted by molar-refractivity contribution is -0.146. The maximum Gasteiger partial charge on any atom is 0.239 e. The van der Waals surface area contributed by atoms with Gasteiger partial charge in [-0.15, -0.1) is 0 Å². The third-order valence-corrected chi connectivity index (χ3v) is 6.53. The van der Waals surface area contributed by atoms with Crippen LogP contribution in [0, 0.1) is 17.2 Å². The first-order valence-electron chi connectivity index (χ1n) is 9.70. The van der Waals surface area contributed by atoms with Gasteiger partial charge in [-0.2, -0.15) is 0 Å². The second kappa shape index (κ2) is 6.43. The maximum atomic E-state index is 14.3. The van der Waals surface area contributed by atoms with Crippen LogP contribution in [0.5, 0.6) is 0 Å². The average Bonchev–Trinajstić information content (AvgIpc) is 3.16. The Kier molecular flexibility index (Phi) is 4.32. The first kappa shape index (κ1) is 18.1. The molecule has 2 atom stereocenters. The zero-order valence-electron chi connectivity index (χ0n) is 15.8. The highest BCUT2D eigenvalue weighted by Crippen LogP contribution is 2.50. The van der Waals surface area contributed by atoms with Gasteiger partial charge in [-0.25, -0.2) is 4.39 Å². The average molecular weight is 372 g/mol. The van der Waals surface area contributed by atoms with Crippen LogP contribution in [0.1, 0.15) is 68.6 Å². The van der Waals surface area contributed by atoms with Crippen molar-refractivity contribution in [2.24, 2.45) is 11.3 Å². The molecule has 0 radical (unpaired) electrons. The van der Waals surface area contributed by atoms with Crippen LogP contribution in [0.3, 0.4) is 0 Å². The van der Waals surface area contributed by atoms with Crippen LogP contribution in [0.4, 0.5) is 4.39 Å². The molecular formula is C21H25FN2O3. The number of hydrogen-bond acceptors (Lipinski definition) is 3. The van der Waals surface area contributed by atoms with Gasteiger partial charge in [-0.05, 0) is 59.4 Å². The molecular weight excluding hydrogens is 347 g/mol. The molecule has 0 aromatic heterocycles. The Labute approximate surface area is 158 Å². The highest BCUT2D eigenvalue weighted by molar-refractivity contribution is 6.08. The van der Waals surface area contributed by atoms with E-state index < -0.39 is 11.8 Å². The van der Waals surface area contributed by atoms with Gasteiger partial charge in [-0.3, -0.25) is 19.7 Å². The summed E-state index contributed by atoms with van der Waals surface area (Å²) >= 11 is 0. The van der Waals surface area contributed by atoms with Gasteiger partial charge in [0.05, 0.1) is 0 Å². The second-order valence-corrected chi connectivity index (χ2v) is 8.76. The van der Waals surface area contributed by atoms with Gasteiger partial charge in [0.1, 0.15) is 11.7 Å². The molecule has 1 saturated heterocycles. The molecule has 3 amide bonds. The molecule has 1 N–H and O–H groups in total. The van der Waals surface area contributed by atoms with E-state index >= 15 is 0 Å². The molecule has 2 aliphatic heterocycles. The number of carbonyl (C=O) groups excluding carboxylic acids is 3. The zero-order chi connectivity index (χ0) is 19.3. The lowest BCUT2D eigenvalue weighted by Gasteiger charge is -2.29. The number of nitrogens with one attached hydrogen (secondary N) is 1. The third kappa shape index (κ3) is 3.15. The summed E-state index contributed by atoms with van der Waals surface area (Å²) in [4.78, 5) is 37.9. The Morgan fingerprint density at radius 1 is 1.22 bits per heavy atom. The van der Waals surface area contributed by atoms with Crippen LogP contribution in [0.15, 0.2) is 12.1 Å². The molecule has 3 aliphatic rings. The fourth-order valence-electron chi connectivity index (χ4n) is 5.02. The summed E-state index contributed by atoms with van der Waals surface area (Å²) in [7, 11) is 0. The van der Waals surface area contributed by atoms with Gasteiger partial charge < -0.3 is 4.90 Å². The molecule has 2 fully saturated rings. The number of hydrogen-bond donors (Lipinski definition) is 1. The van der Waals surface area contributed by atoms with Gasteiger partial charge >= 0.3 is 0 Å². The van der Waals surface area contributed by atoms with Gasteiger partial charge in [-0.1, -0.05) is 20.3 Å². The Hall–Kier alpha value is -2.24. The topological polar surface area (TPSA) is 66.5 Å². The number of carbonyl (C=O) groups is 3. The SMILES string of the molecule is CC1(C)CCCC1c1cc(F)cc2c1CN(C(=O)C1CCC(=O)NC1=O)C2. The number of amides is 3. The molecule has 0 spiro atoms. The predicted octanol–water partition coefficient (Wildman–Crippen LogP) is 3.01. The van der Waals surface area contributed by atoms with E-state index in [-0.39, 0.29) is 41.8 Å². The molecule has 5 nitrogen and oxygen atoms in total. The molecule has 1 aromatic rings. The monoisotopic (exact) mass is 372 g/mol. The number of piperidine rings is 1. The standard InChI is InChI=1S/C21H25FN2O3/c1-21(2)7-3-4-17(21)15-9-13(22)8-12-10-24(11-16(12)15)20(27)14-5-6-18(25)23-19(14)26/h8-9,14,17H,3-7,10-11H2,1-2H3,(H,23,25,26). The molecule has 144 valence electrons. The number of nitrogens with zero attached hydrogens (tertiary/aromatic N) is 1. The van der Waals surface area contributed by atoms with Crippen molar-refractivity contribution in [1.29, 1.82) is 0 Å². The van der Waals surface area contributed by atoms with Crippen molar-refractivity contribution < 1.29 is 18.8 Å². The van der Waals surface area contributed by atoms with Crippen molar-refractivity contribution in [2.45, 2.75) is 65.0 Å². The van der Waals surface area contributed by atoms with E-state index in [2.05, 4.69) is 19.2 Å². The summed E-state index contributed by atoms with van der Waals surface area (Å²) in [5.41, 5.74) is 3.01. The Balaban J connectivity index is 1.60. The van der Waals surface area contributed by atoms with E-state index in [0.29, 0.717) is 13.1 Å². The first-order valence-corrected chi connectivity index (χ1v) is 9.70. The van der Waals surface area contributed by atoms with Crippen molar-refractivity contribution in [1.82, 2.24) is 10.2 Å². The van der Waals surface area contributed by atoms with Crippen LogP contribution in [-0.2, 0) is 27.5 Å². The summed E-state index contributed by atoms with van der Waals surface area (Å²) in [6.45, 7) is 5.18. The molecule has 2 unspecified atom stereocenters. The summed E-state index contributed by atoms with van der Waals surface area (Å²) in [5, 5.41) is 2.25. The smallest absolute Gasteiger partial charge is 0.239 e. The number of benzene rings is 1. The van der Waals surface area contributed by atoms with Crippen molar-refractivity contribution in [2.75, 3.05) is 0 Å². The quantitative estimate of drug-likeness (QED) is 0.641. The largest absolute Gasteiger partial charge is 0.333 e. The molecule has 1 aromatic carbocycles. The second-order valence-electron chi connectivity index (χ2n) is 8.76. The van der Waals surface area contributed by atoms with E-state index in [0.717, 1.165) is 36.0 Å². The number of imide groups is 1. The fraction of sp³-hybridized carbons (Fsp3) is 0.571. The molecule has 6 heteroatoms. The van der Waals surface area contributed by atoms with Crippen molar-refractivity contribution >= 4 is 17.7 Å². The van der Waals surface area contributed by atoms with E-state index in [9.17, 15) is 18.8 Å². The van der Waals surface area contributed by atoms with Gasteiger partial charge in [0, 0.05) is 19.5 Å². The first-order chi connectivity index (χ1) is 12.8. The van der Waals surface area contributed by atoms with Crippen molar-refractivity contribution in [3.63, 3.8) is 0 Å². The van der Waals surface area contributed by atoms with Crippen LogP contribution in [0.2, 0.25) is 0 Å². The summed E-state index contributed by atoms with van der Waals surface area (Å²) in [6.07, 6.45) is 3.69. The van der Waals surface area contributed by atoms with Gasteiger partial charge in [0.2, 0.25) is 17.7 Å². The predicted molar refractivity (Wildman–Crippen MR) is 96.9 cm³/mol. The Morgan fingerprint density at radius 3 is 2.67 bits per heavy atom. The van der Waals surface area contributed by atoms with Crippen molar-refractivity contribution in [3.05, 3.63) is 34.6 Å². The molecule has 4 rings (SSSR count). The van der Waals surface area contributed by atoms with Crippen molar-refractivity contribution in [3.8, 4) is 0 Å². The molecule has 27 heavy (non-hydrogen) atoms. The number of rotatable bonds is 2. The summed E-state index contributed by atoms with van der Waals surface area (Å²) in [5.74, 6) is -1.92.